The van der Waals surface area contributed by atoms with E-state index in [9.17, 15) is 0 Å². The van der Waals surface area contributed by atoms with Crippen LogP contribution in [0.3, 0.4) is 0 Å². The molecule has 4 nitrogen and oxygen atoms in total. The molecule has 0 aliphatic rings. The lowest BCUT2D eigenvalue weighted by Gasteiger charge is -2.13. The zero-order valence-electron chi connectivity index (χ0n) is 11.8. The summed E-state index contributed by atoms with van der Waals surface area (Å²) in [5.74, 6) is 1.37. The van der Waals surface area contributed by atoms with E-state index >= 15 is 0 Å². The van der Waals surface area contributed by atoms with Crippen LogP contribution in [0.5, 0.6) is 11.5 Å². The minimum absolute atomic E-state index is 0. The summed E-state index contributed by atoms with van der Waals surface area (Å²) in [5, 5.41) is 0. The van der Waals surface area contributed by atoms with Crippen molar-refractivity contribution in [3.05, 3.63) is 53.9 Å². The maximum Gasteiger partial charge on any atom is 0.146 e. The van der Waals surface area contributed by atoms with Gasteiger partial charge in [-0.15, -0.1) is 24.8 Å². The lowest BCUT2D eigenvalue weighted by atomic mass is 10.2. The van der Waals surface area contributed by atoms with Crippen molar-refractivity contribution < 1.29 is 9.47 Å². The Bertz CT molecular complexity index is 524. The molecule has 0 amide bonds. The van der Waals surface area contributed by atoms with Crippen LogP contribution < -0.4 is 15.2 Å². The molecule has 1 heterocycles. The largest absolute Gasteiger partial charge is 0.492 e. The lowest BCUT2D eigenvalue weighted by molar-refractivity contribution is 0.292. The second-order valence-corrected chi connectivity index (χ2v) is 4.03. The summed E-state index contributed by atoms with van der Waals surface area (Å²) in [6.45, 7) is 3.36. The predicted molar refractivity (Wildman–Crippen MR) is 88.6 cm³/mol. The molecule has 1 aromatic carbocycles. The van der Waals surface area contributed by atoms with Crippen LogP contribution in [0.15, 0.2) is 42.7 Å². The van der Waals surface area contributed by atoms with Gasteiger partial charge in [-0.2, -0.15) is 0 Å². The average molecular weight is 331 g/mol. The highest BCUT2D eigenvalue weighted by molar-refractivity contribution is 5.85. The van der Waals surface area contributed by atoms with Crippen molar-refractivity contribution in [2.45, 2.75) is 20.1 Å². The van der Waals surface area contributed by atoms with Gasteiger partial charge in [0, 0.05) is 6.54 Å². The van der Waals surface area contributed by atoms with Crippen LogP contribution >= 0.6 is 24.8 Å². The number of hydrogen-bond acceptors (Lipinski definition) is 4. The van der Waals surface area contributed by atoms with Gasteiger partial charge in [0.1, 0.15) is 18.1 Å². The summed E-state index contributed by atoms with van der Waals surface area (Å²) in [4.78, 5) is 4.12. The Morgan fingerprint density at radius 1 is 1.00 bits per heavy atom. The Labute approximate surface area is 137 Å². The number of nitrogens with zero attached hydrogens (tertiary/aromatic N) is 1. The molecule has 0 atom stereocenters. The highest BCUT2D eigenvalue weighted by atomic mass is 35.5. The number of nitrogens with two attached hydrogens (primary N) is 1. The Kier molecular flexibility index (Phi) is 9.54. The Morgan fingerprint density at radius 2 is 1.62 bits per heavy atom. The van der Waals surface area contributed by atoms with E-state index in [-0.39, 0.29) is 24.8 Å². The van der Waals surface area contributed by atoms with E-state index in [0.29, 0.717) is 31.3 Å². The van der Waals surface area contributed by atoms with Gasteiger partial charge in [0.05, 0.1) is 24.6 Å². The minimum atomic E-state index is 0. The van der Waals surface area contributed by atoms with Gasteiger partial charge >= 0.3 is 0 Å². The van der Waals surface area contributed by atoms with Gasteiger partial charge < -0.3 is 15.2 Å². The predicted octanol–water partition coefficient (Wildman–Crippen LogP) is 3.36. The first kappa shape index (κ1) is 19.5. The van der Waals surface area contributed by atoms with Crippen molar-refractivity contribution >= 4 is 24.8 Å². The van der Waals surface area contributed by atoms with Gasteiger partial charge in [-0.1, -0.05) is 30.3 Å². The summed E-state index contributed by atoms with van der Waals surface area (Å²) < 4.78 is 11.3. The third-order valence-corrected chi connectivity index (χ3v) is 2.72. The Morgan fingerprint density at radius 3 is 2.19 bits per heavy atom. The number of benzene rings is 1. The maximum absolute atomic E-state index is 5.78. The lowest BCUT2D eigenvalue weighted by Crippen LogP contribution is -2.06. The average Bonchev–Trinajstić information content (AvgIpc) is 2.46. The second-order valence-electron chi connectivity index (χ2n) is 4.03. The summed E-state index contributed by atoms with van der Waals surface area (Å²) in [5.41, 5.74) is 7.72. The number of pyridine rings is 1. The van der Waals surface area contributed by atoms with Gasteiger partial charge in [0.2, 0.25) is 0 Å². The molecule has 116 valence electrons. The van der Waals surface area contributed by atoms with Gasteiger partial charge in [-0.05, 0) is 12.5 Å². The number of rotatable bonds is 6. The first-order valence-corrected chi connectivity index (χ1v) is 6.31. The molecule has 0 aliphatic carbocycles. The maximum atomic E-state index is 5.78. The molecular weight excluding hydrogens is 311 g/mol. The third kappa shape index (κ3) is 5.42. The molecule has 0 fully saturated rings. The SMILES string of the molecule is CCOc1cncc(OCc2ccccc2)c1CN.Cl.Cl. The van der Waals surface area contributed by atoms with Crippen LogP contribution in [0.1, 0.15) is 18.1 Å². The van der Waals surface area contributed by atoms with Gasteiger partial charge in [0.25, 0.3) is 0 Å². The summed E-state index contributed by atoms with van der Waals surface area (Å²) in [6.07, 6.45) is 3.34. The van der Waals surface area contributed by atoms with Gasteiger partial charge in [-0.3, -0.25) is 4.98 Å². The molecule has 0 saturated heterocycles. The molecule has 2 rings (SSSR count). The standard InChI is InChI=1S/C15H18N2O2.2ClH/c1-2-18-14-9-17-10-15(13(14)8-16)19-11-12-6-4-3-5-7-12;;/h3-7,9-10H,2,8,11,16H2,1H3;2*1H. The van der Waals surface area contributed by atoms with Crippen LogP contribution in [0.4, 0.5) is 0 Å². The van der Waals surface area contributed by atoms with E-state index < -0.39 is 0 Å². The minimum Gasteiger partial charge on any atom is -0.492 e. The fourth-order valence-corrected chi connectivity index (χ4v) is 1.79. The van der Waals surface area contributed by atoms with Gasteiger partial charge in [0.15, 0.2) is 0 Å². The monoisotopic (exact) mass is 330 g/mol. The molecule has 21 heavy (non-hydrogen) atoms. The first-order valence-electron chi connectivity index (χ1n) is 6.31. The number of ether oxygens (including phenoxy) is 2. The van der Waals surface area contributed by atoms with Crippen molar-refractivity contribution in [1.29, 1.82) is 0 Å². The highest BCUT2D eigenvalue weighted by Crippen LogP contribution is 2.27. The van der Waals surface area contributed by atoms with Crippen LogP contribution in [0.2, 0.25) is 0 Å². The Balaban J connectivity index is 0.00000200. The van der Waals surface area contributed by atoms with Crippen LogP contribution in [0.25, 0.3) is 0 Å². The molecule has 6 heteroatoms. The van der Waals surface area contributed by atoms with Crippen molar-refractivity contribution in [3.8, 4) is 11.5 Å². The molecule has 0 saturated carbocycles. The summed E-state index contributed by atoms with van der Waals surface area (Å²) >= 11 is 0. The zero-order valence-corrected chi connectivity index (χ0v) is 13.5. The van der Waals surface area contributed by atoms with Crippen LogP contribution in [-0.2, 0) is 13.2 Å². The summed E-state index contributed by atoms with van der Waals surface area (Å²) in [6, 6.07) is 9.98. The normalized spacial score (nSPS) is 9.24. The van der Waals surface area contributed by atoms with E-state index in [2.05, 4.69) is 4.98 Å². The molecule has 0 bridgehead atoms. The fraction of sp³-hybridized carbons (Fsp3) is 0.267. The third-order valence-electron chi connectivity index (χ3n) is 2.72. The first-order chi connectivity index (χ1) is 9.35. The van der Waals surface area contributed by atoms with E-state index in [1.54, 1.807) is 12.4 Å². The van der Waals surface area contributed by atoms with Crippen molar-refractivity contribution in [2.24, 2.45) is 5.73 Å². The number of hydrogen-bond donors (Lipinski definition) is 1. The molecule has 2 N–H and O–H groups in total. The molecule has 0 unspecified atom stereocenters. The molecule has 1 aromatic heterocycles. The zero-order chi connectivity index (χ0) is 13.5. The second kappa shape index (κ2) is 10.3. The Hall–Kier alpha value is -1.49. The number of halogens is 2. The van der Waals surface area contributed by atoms with E-state index in [1.165, 1.54) is 0 Å². The van der Waals surface area contributed by atoms with E-state index in [4.69, 9.17) is 15.2 Å². The molecular formula is C15H20Cl2N2O2. The van der Waals surface area contributed by atoms with Crippen molar-refractivity contribution in [3.63, 3.8) is 0 Å². The van der Waals surface area contributed by atoms with Crippen molar-refractivity contribution in [2.75, 3.05) is 6.61 Å². The molecule has 2 aromatic rings. The van der Waals surface area contributed by atoms with Crippen molar-refractivity contribution in [1.82, 2.24) is 4.98 Å². The highest BCUT2D eigenvalue weighted by Gasteiger charge is 2.10. The van der Waals surface area contributed by atoms with Crippen LogP contribution in [0, 0.1) is 0 Å². The quantitative estimate of drug-likeness (QED) is 0.882. The smallest absolute Gasteiger partial charge is 0.146 e. The fourth-order valence-electron chi connectivity index (χ4n) is 1.79. The number of aromatic nitrogens is 1. The van der Waals surface area contributed by atoms with Crippen LogP contribution in [-0.4, -0.2) is 11.6 Å². The van der Waals surface area contributed by atoms with E-state index in [0.717, 1.165) is 11.1 Å². The summed E-state index contributed by atoms with van der Waals surface area (Å²) in [7, 11) is 0. The molecule has 0 aliphatic heterocycles. The topological polar surface area (TPSA) is 57.4 Å². The van der Waals surface area contributed by atoms with Gasteiger partial charge in [-0.25, -0.2) is 0 Å². The molecule has 0 radical (unpaired) electrons. The van der Waals surface area contributed by atoms with E-state index in [1.807, 2.05) is 37.3 Å². The molecule has 0 spiro atoms.